The zero-order valence-corrected chi connectivity index (χ0v) is 17.2. The molecule has 0 fully saturated rings. The fraction of sp³-hybridized carbons (Fsp3) is 0.391. The molecule has 0 heterocycles. The summed E-state index contributed by atoms with van der Waals surface area (Å²) in [6.45, 7) is 9.74. The molecule has 2 aromatic rings. The maximum atomic E-state index is 6.62. The lowest BCUT2D eigenvalue weighted by Gasteiger charge is -2.31. The van der Waals surface area contributed by atoms with Crippen molar-refractivity contribution in [3.63, 3.8) is 0 Å². The molecule has 2 rings (SSSR count). The monoisotopic (exact) mass is 368 g/mol. The first-order valence-electron chi connectivity index (χ1n) is 9.69. The van der Waals surface area contributed by atoms with Crippen LogP contribution < -0.4 is 10.4 Å². The smallest absolute Gasteiger partial charge is 0.388 e. The first-order valence-corrected chi connectivity index (χ1v) is 11.5. The molecule has 0 saturated heterocycles. The van der Waals surface area contributed by atoms with Crippen LogP contribution in [0.1, 0.15) is 39.5 Å². The number of benzene rings is 2. The summed E-state index contributed by atoms with van der Waals surface area (Å²) < 4.78 is 13.2. The van der Waals surface area contributed by atoms with Crippen LogP contribution in [0.25, 0.3) is 0 Å². The summed E-state index contributed by atoms with van der Waals surface area (Å²) in [6.07, 6.45) is 6.10. The molecule has 26 heavy (non-hydrogen) atoms. The van der Waals surface area contributed by atoms with Crippen molar-refractivity contribution in [3.8, 4) is 0 Å². The molecule has 0 spiro atoms. The topological polar surface area (TPSA) is 18.5 Å². The summed E-state index contributed by atoms with van der Waals surface area (Å²) in [5.74, 6) is 0.691. The SMILES string of the molecule is C=CCCCO[Si](OCCCC(C)C)(c1ccccc1)c1ccccc1. The van der Waals surface area contributed by atoms with Crippen molar-refractivity contribution in [3.05, 3.63) is 73.3 Å². The number of unbranched alkanes of at least 4 members (excludes halogenated alkanes) is 1. The second-order valence-corrected chi connectivity index (χ2v) is 9.98. The summed E-state index contributed by atoms with van der Waals surface area (Å²) in [5.41, 5.74) is 0. The van der Waals surface area contributed by atoms with E-state index in [9.17, 15) is 0 Å². The lowest BCUT2D eigenvalue weighted by molar-refractivity contribution is 0.184. The van der Waals surface area contributed by atoms with E-state index in [4.69, 9.17) is 8.85 Å². The molecule has 0 aliphatic rings. The highest BCUT2D eigenvalue weighted by Crippen LogP contribution is 2.13. The lowest BCUT2D eigenvalue weighted by atomic mass is 10.1. The van der Waals surface area contributed by atoms with Crippen LogP contribution in [0, 0.1) is 5.92 Å². The minimum absolute atomic E-state index is 0.687. The van der Waals surface area contributed by atoms with Gasteiger partial charge in [0.05, 0.1) is 0 Å². The van der Waals surface area contributed by atoms with Gasteiger partial charge in [-0.25, -0.2) is 0 Å². The van der Waals surface area contributed by atoms with Gasteiger partial charge < -0.3 is 8.85 Å². The predicted molar refractivity (Wildman–Crippen MR) is 113 cm³/mol. The summed E-state index contributed by atoms with van der Waals surface area (Å²) in [4.78, 5) is 0. The molecule has 0 atom stereocenters. The van der Waals surface area contributed by atoms with Crippen molar-refractivity contribution in [2.24, 2.45) is 5.92 Å². The predicted octanol–water partition coefficient (Wildman–Crippen LogP) is 4.68. The van der Waals surface area contributed by atoms with Gasteiger partial charge in [0.15, 0.2) is 0 Å². The van der Waals surface area contributed by atoms with Gasteiger partial charge >= 0.3 is 8.56 Å². The molecule has 0 N–H and O–H groups in total. The Balaban J connectivity index is 2.29. The van der Waals surface area contributed by atoms with E-state index in [0.717, 1.165) is 25.9 Å². The standard InChI is InChI=1S/C23H32O2Si/c1-4-5-12-19-24-26(22-15-8-6-9-16-22,23-17-10-7-11-18-23)25-20-13-14-21(2)3/h4,6-11,15-18,21H,1,5,12-14,19-20H2,2-3H3. The summed E-state index contributed by atoms with van der Waals surface area (Å²) >= 11 is 0. The Labute approximate surface area is 160 Å². The molecule has 0 radical (unpaired) electrons. The average Bonchev–Trinajstić information content (AvgIpc) is 2.68. The molecule has 0 aliphatic carbocycles. The third-order valence-electron chi connectivity index (χ3n) is 4.40. The zero-order valence-electron chi connectivity index (χ0n) is 16.2. The number of hydrogen-bond donors (Lipinski definition) is 0. The van der Waals surface area contributed by atoms with E-state index in [1.165, 1.54) is 16.8 Å². The van der Waals surface area contributed by atoms with E-state index in [-0.39, 0.29) is 0 Å². The van der Waals surface area contributed by atoms with E-state index >= 15 is 0 Å². The van der Waals surface area contributed by atoms with Gasteiger partial charge in [0.1, 0.15) is 0 Å². The normalized spacial score (nSPS) is 11.7. The highest BCUT2D eigenvalue weighted by Gasteiger charge is 2.42. The Bertz CT molecular complexity index is 586. The molecule has 0 bridgehead atoms. The van der Waals surface area contributed by atoms with Crippen LogP contribution >= 0.6 is 0 Å². The highest BCUT2D eigenvalue weighted by atomic mass is 28.4. The lowest BCUT2D eigenvalue weighted by Crippen LogP contribution is -2.63. The Morgan fingerprint density at radius 2 is 1.35 bits per heavy atom. The number of rotatable bonds is 12. The van der Waals surface area contributed by atoms with Gasteiger partial charge in [-0.15, -0.1) is 6.58 Å². The molecule has 140 valence electrons. The van der Waals surface area contributed by atoms with Crippen LogP contribution in [-0.4, -0.2) is 21.8 Å². The third-order valence-corrected chi connectivity index (χ3v) is 7.80. The van der Waals surface area contributed by atoms with Crippen molar-refractivity contribution in [2.75, 3.05) is 13.2 Å². The number of hydrogen-bond acceptors (Lipinski definition) is 2. The van der Waals surface area contributed by atoms with Crippen molar-refractivity contribution >= 4 is 18.9 Å². The second-order valence-electron chi connectivity index (χ2n) is 7.01. The fourth-order valence-corrected chi connectivity index (χ4v) is 6.22. The first kappa shape index (κ1) is 20.6. The summed E-state index contributed by atoms with van der Waals surface area (Å²) in [6, 6.07) is 21.0. The number of allylic oxidation sites excluding steroid dienone is 1. The molecule has 0 saturated carbocycles. The van der Waals surface area contributed by atoms with E-state index in [1.54, 1.807) is 0 Å². The van der Waals surface area contributed by atoms with E-state index in [0.29, 0.717) is 12.5 Å². The molecular weight excluding hydrogens is 336 g/mol. The molecule has 0 amide bonds. The van der Waals surface area contributed by atoms with Crippen LogP contribution in [-0.2, 0) is 8.85 Å². The Hall–Kier alpha value is -1.68. The summed E-state index contributed by atoms with van der Waals surface area (Å²) in [7, 11) is -2.70. The van der Waals surface area contributed by atoms with Gasteiger partial charge in [-0.1, -0.05) is 80.6 Å². The van der Waals surface area contributed by atoms with Crippen LogP contribution in [0.15, 0.2) is 73.3 Å². The van der Waals surface area contributed by atoms with Gasteiger partial charge in [0.2, 0.25) is 0 Å². The maximum absolute atomic E-state index is 6.62. The maximum Gasteiger partial charge on any atom is 0.407 e. The molecule has 0 aromatic heterocycles. The van der Waals surface area contributed by atoms with Gasteiger partial charge in [-0.05, 0) is 42.0 Å². The Kier molecular flexibility index (Phi) is 8.82. The largest absolute Gasteiger partial charge is 0.407 e. The van der Waals surface area contributed by atoms with Crippen molar-refractivity contribution < 1.29 is 8.85 Å². The third kappa shape index (κ3) is 5.94. The van der Waals surface area contributed by atoms with E-state index < -0.39 is 8.56 Å². The van der Waals surface area contributed by atoms with Gasteiger partial charge in [-0.3, -0.25) is 0 Å². The molecule has 3 heteroatoms. The van der Waals surface area contributed by atoms with Gasteiger partial charge in [-0.2, -0.15) is 0 Å². The van der Waals surface area contributed by atoms with E-state index in [2.05, 4.69) is 69.0 Å². The van der Waals surface area contributed by atoms with Gasteiger partial charge in [0.25, 0.3) is 0 Å². The molecule has 2 aromatic carbocycles. The van der Waals surface area contributed by atoms with Crippen LogP contribution in [0.2, 0.25) is 0 Å². The highest BCUT2D eigenvalue weighted by molar-refractivity contribution is 6.92. The van der Waals surface area contributed by atoms with Crippen molar-refractivity contribution in [1.82, 2.24) is 0 Å². The van der Waals surface area contributed by atoms with Crippen LogP contribution in [0.5, 0.6) is 0 Å². The van der Waals surface area contributed by atoms with Gasteiger partial charge in [0, 0.05) is 13.2 Å². The summed E-state index contributed by atoms with van der Waals surface area (Å²) in [5, 5.41) is 2.35. The Morgan fingerprint density at radius 1 is 0.846 bits per heavy atom. The van der Waals surface area contributed by atoms with E-state index in [1.807, 2.05) is 18.2 Å². The Morgan fingerprint density at radius 3 is 1.81 bits per heavy atom. The molecule has 2 nitrogen and oxygen atoms in total. The first-order chi connectivity index (χ1) is 12.7. The molecule has 0 unspecified atom stereocenters. The zero-order chi connectivity index (χ0) is 18.7. The quantitative estimate of drug-likeness (QED) is 0.308. The van der Waals surface area contributed by atoms with Crippen LogP contribution in [0.3, 0.4) is 0 Å². The minimum atomic E-state index is -2.70. The second kappa shape index (κ2) is 11.1. The van der Waals surface area contributed by atoms with Crippen molar-refractivity contribution in [1.29, 1.82) is 0 Å². The minimum Gasteiger partial charge on any atom is -0.388 e. The van der Waals surface area contributed by atoms with Crippen LogP contribution in [0.4, 0.5) is 0 Å². The van der Waals surface area contributed by atoms with Crippen molar-refractivity contribution in [2.45, 2.75) is 39.5 Å². The molecular formula is C23H32O2Si. The average molecular weight is 369 g/mol. The molecule has 0 aliphatic heterocycles. The fourth-order valence-electron chi connectivity index (χ4n) is 3.01.